The lowest BCUT2D eigenvalue weighted by Gasteiger charge is -2.34. The number of piperazine rings is 1. The molecule has 1 aliphatic heterocycles. The molecule has 0 aromatic carbocycles. The molecule has 0 aromatic rings. The minimum absolute atomic E-state index is 0.0587. The van der Waals surface area contributed by atoms with E-state index < -0.39 is 29.3 Å². The first kappa shape index (κ1) is 15.9. The van der Waals surface area contributed by atoms with E-state index in [1.165, 1.54) is 0 Å². The Hall–Kier alpha value is -2.12. The molecule has 1 saturated heterocycles. The summed E-state index contributed by atoms with van der Waals surface area (Å²) in [5, 5.41) is 4.64. The molecule has 8 nitrogen and oxygen atoms in total. The van der Waals surface area contributed by atoms with Gasteiger partial charge in [0.25, 0.3) is 5.91 Å². The number of nitrogens with one attached hydrogen (secondary N) is 2. The highest BCUT2D eigenvalue weighted by molar-refractivity contribution is 6.13. The maximum Gasteiger partial charge on any atom is 0.341 e. The van der Waals surface area contributed by atoms with Gasteiger partial charge in [-0.05, 0) is 13.8 Å². The Balaban J connectivity index is 2.88. The Labute approximate surface area is 116 Å². The fourth-order valence-electron chi connectivity index (χ4n) is 1.85. The Bertz CT molecular complexity index is 422. The summed E-state index contributed by atoms with van der Waals surface area (Å²) in [5.74, 6) is -2.62. The van der Waals surface area contributed by atoms with Gasteiger partial charge < -0.3 is 20.1 Å². The van der Waals surface area contributed by atoms with E-state index in [-0.39, 0.29) is 32.6 Å². The molecule has 2 N–H and O–H groups in total. The molecule has 112 valence electrons. The van der Waals surface area contributed by atoms with Gasteiger partial charge in [0.2, 0.25) is 11.4 Å². The van der Waals surface area contributed by atoms with Crippen molar-refractivity contribution in [1.29, 1.82) is 0 Å². The number of ether oxygens (including phenoxy) is 2. The first-order valence-electron chi connectivity index (χ1n) is 6.38. The molecule has 0 unspecified atom stereocenters. The van der Waals surface area contributed by atoms with Gasteiger partial charge in [-0.25, -0.2) is 4.79 Å². The third kappa shape index (κ3) is 3.46. The van der Waals surface area contributed by atoms with Crippen molar-refractivity contribution in [2.24, 2.45) is 0 Å². The summed E-state index contributed by atoms with van der Waals surface area (Å²) >= 11 is 0. The first-order valence-corrected chi connectivity index (χ1v) is 6.38. The number of esters is 2. The first-order chi connectivity index (χ1) is 9.46. The van der Waals surface area contributed by atoms with Gasteiger partial charge in [-0.15, -0.1) is 0 Å². The SMILES string of the molecule is CCOC(=O)CC[C@@]1(C(=O)OCC)NC(=O)CNC1=O. The summed E-state index contributed by atoms with van der Waals surface area (Å²) in [4.78, 5) is 46.8. The number of hydrogen-bond donors (Lipinski definition) is 2. The van der Waals surface area contributed by atoms with E-state index >= 15 is 0 Å². The third-order valence-corrected chi connectivity index (χ3v) is 2.78. The van der Waals surface area contributed by atoms with Crippen LogP contribution in [0.15, 0.2) is 0 Å². The van der Waals surface area contributed by atoms with Gasteiger partial charge in [-0.1, -0.05) is 0 Å². The molecule has 0 bridgehead atoms. The molecule has 8 heteroatoms. The normalized spacial score (nSPS) is 21.7. The van der Waals surface area contributed by atoms with E-state index in [9.17, 15) is 19.2 Å². The van der Waals surface area contributed by atoms with Crippen LogP contribution in [-0.2, 0) is 28.7 Å². The number of rotatable bonds is 6. The lowest BCUT2D eigenvalue weighted by Crippen LogP contribution is -2.69. The lowest BCUT2D eigenvalue weighted by atomic mass is 9.90. The second-order valence-corrected chi connectivity index (χ2v) is 4.16. The van der Waals surface area contributed by atoms with Gasteiger partial charge in [0, 0.05) is 12.8 Å². The molecular weight excluding hydrogens is 268 g/mol. The smallest absolute Gasteiger partial charge is 0.341 e. The zero-order valence-electron chi connectivity index (χ0n) is 11.5. The van der Waals surface area contributed by atoms with Crippen LogP contribution in [0.5, 0.6) is 0 Å². The molecule has 1 fully saturated rings. The highest BCUT2D eigenvalue weighted by atomic mass is 16.5. The molecule has 1 heterocycles. The van der Waals surface area contributed by atoms with Crippen molar-refractivity contribution in [3.8, 4) is 0 Å². The van der Waals surface area contributed by atoms with E-state index in [4.69, 9.17) is 9.47 Å². The maximum absolute atomic E-state index is 12.0. The van der Waals surface area contributed by atoms with Crippen LogP contribution in [0.25, 0.3) is 0 Å². The summed E-state index contributed by atoms with van der Waals surface area (Å²) in [6.45, 7) is 3.28. The molecule has 1 atom stereocenters. The van der Waals surface area contributed by atoms with E-state index in [0.29, 0.717) is 0 Å². The van der Waals surface area contributed by atoms with Gasteiger partial charge in [0.15, 0.2) is 0 Å². The van der Waals surface area contributed by atoms with Gasteiger partial charge in [0.05, 0.1) is 19.8 Å². The van der Waals surface area contributed by atoms with E-state index in [1.54, 1.807) is 13.8 Å². The van der Waals surface area contributed by atoms with E-state index in [2.05, 4.69) is 10.6 Å². The van der Waals surface area contributed by atoms with Crippen LogP contribution in [0.4, 0.5) is 0 Å². The monoisotopic (exact) mass is 286 g/mol. The molecule has 0 radical (unpaired) electrons. The number of carbonyl (C=O) groups excluding carboxylic acids is 4. The Kier molecular flexibility index (Phi) is 5.48. The lowest BCUT2D eigenvalue weighted by molar-refractivity contribution is -0.161. The second-order valence-electron chi connectivity index (χ2n) is 4.16. The largest absolute Gasteiger partial charge is 0.466 e. The second kappa shape index (κ2) is 6.88. The fourth-order valence-corrected chi connectivity index (χ4v) is 1.85. The van der Waals surface area contributed by atoms with Gasteiger partial charge >= 0.3 is 11.9 Å². The van der Waals surface area contributed by atoms with Crippen LogP contribution in [0.1, 0.15) is 26.7 Å². The fraction of sp³-hybridized carbons (Fsp3) is 0.667. The number of amides is 2. The standard InChI is InChI=1S/C12H18N2O6/c1-3-19-9(16)5-6-12(11(18)20-4-2)10(17)13-7-8(15)14-12/h3-7H2,1-2H3,(H,13,17)(H,14,15)/t12-/m1/s1. The molecule has 1 aliphatic rings. The molecular formula is C12H18N2O6. The highest BCUT2D eigenvalue weighted by Gasteiger charge is 2.51. The summed E-state index contributed by atoms with van der Waals surface area (Å²) < 4.78 is 9.57. The number of hydrogen-bond acceptors (Lipinski definition) is 6. The van der Waals surface area contributed by atoms with Crippen molar-refractivity contribution in [2.75, 3.05) is 19.8 Å². The highest BCUT2D eigenvalue weighted by Crippen LogP contribution is 2.19. The van der Waals surface area contributed by atoms with E-state index in [1.807, 2.05) is 0 Å². The summed E-state index contributed by atoms with van der Waals surface area (Å²) in [6.07, 6.45) is -0.386. The minimum atomic E-state index is -1.86. The Morgan fingerprint density at radius 2 is 1.85 bits per heavy atom. The van der Waals surface area contributed by atoms with Crippen molar-refractivity contribution in [3.05, 3.63) is 0 Å². The van der Waals surface area contributed by atoms with Crippen molar-refractivity contribution in [2.45, 2.75) is 32.2 Å². The van der Waals surface area contributed by atoms with E-state index in [0.717, 1.165) is 0 Å². The Morgan fingerprint density at radius 3 is 2.45 bits per heavy atom. The van der Waals surface area contributed by atoms with Crippen LogP contribution < -0.4 is 10.6 Å². The van der Waals surface area contributed by atoms with Crippen LogP contribution in [-0.4, -0.2) is 49.1 Å². The zero-order chi connectivity index (χ0) is 15.2. The quantitative estimate of drug-likeness (QED) is 0.472. The summed E-state index contributed by atoms with van der Waals surface area (Å²) in [7, 11) is 0. The molecule has 0 aromatic heterocycles. The van der Waals surface area contributed by atoms with Crippen LogP contribution in [0, 0.1) is 0 Å². The Morgan fingerprint density at radius 1 is 1.20 bits per heavy atom. The minimum Gasteiger partial charge on any atom is -0.466 e. The molecule has 0 spiro atoms. The van der Waals surface area contributed by atoms with Crippen LogP contribution in [0.2, 0.25) is 0 Å². The maximum atomic E-state index is 12.0. The van der Waals surface area contributed by atoms with Gasteiger partial charge in [-0.2, -0.15) is 0 Å². The topological polar surface area (TPSA) is 111 Å². The predicted octanol–water partition coefficient (Wildman–Crippen LogP) is -1.12. The molecule has 20 heavy (non-hydrogen) atoms. The summed E-state index contributed by atoms with van der Waals surface area (Å²) in [6, 6.07) is 0. The molecule has 0 saturated carbocycles. The van der Waals surface area contributed by atoms with Gasteiger partial charge in [-0.3, -0.25) is 14.4 Å². The van der Waals surface area contributed by atoms with Crippen molar-refractivity contribution in [1.82, 2.24) is 10.6 Å². The average Bonchev–Trinajstić information content (AvgIpc) is 2.40. The molecule has 1 rings (SSSR count). The predicted molar refractivity (Wildman–Crippen MR) is 66.4 cm³/mol. The van der Waals surface area contributed by atoms with Crippen LogP contribution >= 0.6 is 0 Å². The van der Waals surface area contributed by atoms with Crippen molar-refractivity contribution in [3.63, 3.8) is 0 Å². The van der Waals surface area contributed by atoms with Crippen molar-refractivity contribution >= 4 is 23.8 Å². The molecule has 2 amide bonds. The number of carbonyl (C=O) groups is 4. The summed E-state index contributed by atoms with van der Waals surface area (Å²) in [5.41, 5.74) is -1.86. The average molecular weight is 286 g/mol. The third-order valence-electron chi connectivity index (χ3n) is 2.78. The van der Waals surface area contributed by atoms with Crippen molar-refractivity contribution < 1.29 is 28.7 Å². The molecule has 0 aliphatic carbocycles. The zero-order valence-corrected chi connectivity index (χ0v) is 11.5. The van der Waals surface area contributed by atoms with Crippen LogP contribution in [0.3, 0.4) is 0 Å². The van der Waals surface area contributed by atoms with Gasteiger partial charge in [0.1, 0.15) is 0 Å².